The molecule has 1 saturated carbocycles. The molecule has 2 aromatic rings. The minimum atomic E-state index is -0.309. The van der Waals surface area contributed by atoms with Gasteiger partial charge in [-0.25, -0.2) is 0 Å². The highest BCUT2D eigenvalue weighted by molar-refractivity contribution is 6.34. The fraction of sp³-hybridized carbons (Fsp3) is 0.188. The molecule has 0 unspecified atom stereocenters. The van der Waals surface area contributed by atoms with E-state index in [1.807, 2.05) is 24.3 Å². The van der Waals surface area contributed by atoms with Crippen molar-refractivity contribution in [3.05, 3.63) is 63.6 Å². The quantitative estimate of drug-likeness (QED) is 0.840. The van der Waals surface area contributed by atoms with E-state index in [0.717, 1.165) is 18.4 Å². The van der Waals surface area contributed by atoms with Gasteiger partial charge in [-0.1, -0.05) is 41.4 Å². The molecule has 0 heterocycles. The van der Waals surface area contributed by atoms with Crippen LogP contribution < -0.4 is 11.1 Å². The molecule has 0 radical (unpaired) electrons. The zero-order chi connectivity index (χ0) is 15.0. The van der Waals surface area contributed by atoms with Gasteiger partial charge in [-0.05, 0) is 42.7 Å². The summed E-state index contributed by atoms with van der Waals surface area (Å²) in [5.41, 5.74) is 7.33. The van der Waals surface area contributed by atoms with E-state index in [4.69, 9.17) is 28.9 Å². The number of halogens is 2. The van der Waals surface area contributed by atoms with E-state index in [9.17, 15) is 4.79 Å². The molecule has 0 spiro atoms. The lowest BCUT2D eigenvalue weighted by Gasteiger charge is -2.19. The normalized spacial score (nSPS) is 15.5. The third kappa shape index (κ3) is 2.71. The van der Waals surface area contributed by atoms with E-state index >= 15 is 0 Å². The third-order valence-corrected chi connectivity index (χ3v) is 4.38. The first-order valence-electron chi connectivity index (χ1n) is 6.64. The first kappa shape index (κ1) is 14.2. The van der Waals surface area contributed by atoms with Gasteiger partial charge in [0, 0.05) is 5.02 Å². The van der Waals surface area contributed by atoms with E-state index < -0.39 is 0 Å². The smallest absolute Gasteiger partial charge is 0.254 e. The van der Waals surface area contributed by atoms with Crippen LogP contribution in [0.15, 0.2) is 42.5 Å². The van der Waals surface area contributed by atoms with Crippen LogP contribution in [0, 0.1) is 0 Å². The summed E-state index contributed by atoms with van der Waals surface area (Å²) in [5, 5.41) is 4.14. The van der Waals surface area contributed by atoms with Crippen molar-refractivity contribution in [2.45, 2.75) is 18.4 Å². The molecular weight excluding hydrogens is 307 g/mol. The number of nitrogens with one attached hydrogen (secondary N) is 1. The van der Waals surface area contributed by atoms with E-state index in [2.05, 4.69) is 5.32 Å². The molecule has 0 bridgehead atoms. The van der Waals surface area contributed by atoms with E-state index in [1.54, 1.807) is 18.2 Å². The molecule has 21 heavy (non-hydrogen) atoms. The summed E-state index contributed by atoms with van der Waals surface area (Å²) in [4.78, 5) is 12.4. The van der Waals surface area contributed by atoms with Gasteiger partial charge in [-0.15, -0.1) is 0 Å². The average Bonchev–Trinajstić information content (AvgIpc) is 3.23. The molecule has 1 amide bonds. The summed E-state index contributed by atoms with van der Waals surface area (Å²) < 4.78 is 0. The van der Waals surface area contributed by atoms with Gasteiger partial charge in [0.25, 0.3) is 5.91 Å². The minimum absolute atomic E-state index is 0.206. The Hall–Kier alpha value is -1.71. The first-order valence-corrected chi connectivity index (χ1v) is 7.40. The van der Waals surface area contributed by atoms with Gasteiger partial charge < -0.3 is 11.1 Å². The monoisotopic (exact) mass is 320 g/mol. The highest BCUT2D eigenvalue weighted by atomic mass is 35.5. The van der Waals surface area contributed by atoms with E-state index in [0.29, 0.717) is 21.3 Å². The molecular formula is C16H14Cl2N2O. The number of hydrogen-bond donors (Lipinski definition) is 2. The Labute approximate surface area is 133 Å². The number of nitrogens with two attached hydrogens (primary N) is 1. The zero-order valence-corrected chi connectivity index (χ0v) is 12.7. The van der Waals surface area contributed by atoms with Crippen LogP contribution in [-0.4, -0.2) is 5.91 Å². The van der Waals surface area contributed by atoms with Gasteiger partial charge in [0.15, 0.2) is 0 Å². The van der Waals surface area contributed by atoms with Gasteiger partial charge in [0.05, 0.1) is 21.8 Å². The lowest BCUT2D eigenvalue weighted by atomic mass is 10.0. The minimum Gasteiger partial charge on any atom is -0.397 e. The summed E-state index contributed by atoms with van der Waals surface area (Å²) in [6.45, 7) is 0. The van der Waals surface area contributed by atoms with Crippen molar-refractivity contribution in [3.63, 3.8) is 0 Å². The number of carbonyl (C=O) groups is 1. The molecule has 2 aromatic carbocycles. The van der Waals surface area contributed by atoms with Crippen molar-refractivity contribution in [1.82, 2.24) is 5.32 Å². The van der Waals surface area contributed by atoms with Crippen LogP contribution in [-0.2, 0) is 5.54 Å². The molecule has 0 aromatic heterocycles. The van der Waals surface area contributed by atoms with Crippen molar-refractivity contribution in [2.24, 2.45) is 0 Å². The fourth-order valence-electron chi connectivity index (χ4n) is 2.40. The summed E-state index contributed by atoms with van der Waals surface area (Å²) in [5.74, 6) is -0.206. The summed E-state index contributed by atoms with van der Waals surface area (Å²) >= 11 is 11.9. The number of rotatable bonds is 3. The van der Waals surface area contributed by atoms with Crippen LogP contribution in [0.25, 0.3) is 0 Å². The highest BCUT2D eigenvalue weighted by Crippen LogP contribution is 2.46. The maximum atomic E-state index is 12.4. The summed E-state index contributed by atoms with van der Waals surface area (Å²) in [6.07, 6.45) is 1.81. The predicted octanol–water partition coefficient (Wildman–Crippen LogP) is 3.99. The standard InChI is InChI=1S/C16H14Cl2N2O/c17-11-6-4-10(5-7-11)16(8-9-16)20-15(21)12-2-1-3-13(18)14(12)19/h1-7H,8-9,19H2,(H,20,21). The number of para-hydroxylation sites is 1. The van der Waals surface area contributed by atoms with Crippen LogP contribution in [0.1, 0.15) is 28.8 Å². The van der Waals surface area contributed by atoms with Crippen molar-refractivity contribution in [3.8, 4) is 0 Å². The van der Waals surface area contributed by atoms with Crippen LogP contribution in [0.5, 0.6) is 0 Å². The Bertz CT molecular complexity index is 694. The molecule has 1 aliphatic carbocycles. The van der Waals surface area contributed by atoms with Crippen molar-refractivity contribution >= 4 is 34.8 Å². The predicted molar refractivity (Wildman–Crippen MR) is 85.7 cm³/mol. The van der Waals surface area contributed by atoms with E-state index in [1.165, 1.54) is 0 Å². The largest absolute Gasteiger partial charge is 0.397 e. The molecule has 1 fully saturated rings. The van der Waals surface area contributed by atoms with Crippen LogP contribution >= 0.6 is 23.2 Å². The molecule has 0 saturated heterocycles. The molecule has 108 valence electrons. The summed E-state index contributed by atoms with van der Waals surface area (Å²) in [6, 6.07) is 12.6. The molecule has 3 nitrogen and oxygen atoms in total. The van der Waals surface area contributed by atoms with Gasteiger partial charge >= 0.3 is 0 Å². The number of benzene rings is 2. The lowest BCUT2D eigenvalue weighted by Crippen LogP contribution is -2.35. The molecule has 3 N–H and O–H groups in total. The molecule has 0 atom stereocenters. The Morgan fingerprint density at radius 2 is 1.76 bits per heavy atom. The Kier molecular flexibility index (Phi) is 3.56. The number of amides is 1. The second-order valence-electron chi connectivity index (χ2n) is 5.24. The van der Waals surface area contributed by atoms with Crippen LogP contribution in [0.2, 0.25) is 10.0 Å². The second-order valence-corrected chi connectivity index (χ2v) is 6.09. The number of carbonyl (C=O) groups excluding carboxylic acids is 1. The maximum absolute atomic E-state index is 12.4. The Morgan fingerprint density at radius 1 is 1.10 bits per heavy atom. The maximum Gasteiger partial charge on any atom is 0.254 e. The number of hydrogen-bond acceptors (Lipinski definition) is 2. The molecule has 3 rings (SSSR count). The van der Waals surface area contributed by atoms with Crippen LogP contribution in [0.3, 0.4) is 0 Å². The van der Waals surface area contributed by atoms with Gasteiger partial charge in [0.1, 0.15) is 0 Å². The van der Waals surface area contributed by atoms with Gasteiger partial charge in [0.2, 0.25) is 0 Å². The topological polar surface area (TPSA) is 55.1 Å². The van der Waals surface area contributed by atoms with Gasteiger partial charge in [-0.3, -0.25) is 4.79 Å². The van der Waals surface area contributed by atoms with Crippen molar-refractivity contribution < 1.29 is 4.79 Å². The highest BCUT2D eigenvalue weighted by Gasteiger charge is 2.45. The second kappa shape index (κ2) is 5.24. The van der Waals surface area contributed by atoms with E-state index in [-0.39, 0.29) is 11.4 Å². The van der Waals surface area contributed by atoms with Crippen molar-refractivity contribution in [2.75, 3.05) is 5.73 Å². The zero-order valence-electron chi connectivity index (χ0n) is 11.2. The Balaban J connectivity index is 1.84. The molecule has 5 heteroatoms. The van der Waals surface area contributed by atoms with Crippen LogP contribution in [0.4, 0.5) is 5.69 Å². The Morgan fingerprint density at radius 3 is 2.38 bits per heavy atom. The lowest BCUT2D eigenvalue weighted by molar-refractivity contribution is 0.0931. The average molecular weight is 321 g/mol. The fourth-order valence-corrected chi connectivity index (χ4v) is 2.70. The van der Waals surface area contributed by atoms with Gasteiger partial charge in [-0.2, -0.15) is 0 Å². The third-order valence-electron chi connectivity index (χ3n) is 3.80. The van der Waals surface area contributed by atoms with Crippen molar-refractivity contribution in [1.29, 1.82) is 0 Å². The number of nitrogen functional groups attached to an aromatic ring is 1. The SMILES string of the molecule is Nc1c(Cl)cccc1C(=O)NC1(c2ccc(Cl)cc2)CC1. The molecule has 1 aliphatic rings. The number of anilines is 1. The summed E-state index contributed by atoms with van der Waals surface area (Å²) in [7, 11) is 0. The molecule has 0 aliphatic heterocycles. The first-order chi connectivity index (χ1) is 10.0.